The van der Waals surface area contributed by atoms with Crippen molar-refractivity contribution in [3.05, 3.63) is 24.3 Å². The van der Waals surface area contributed by atoms with Crippen LogP contribution in [0.2, 0.25) is 0 Å². The predicted octanol–water partition coefficient (Wildman–Crippen LogP) is 2.05. The second-order valence-electron chi connectivity index (χ2n) is 5.65. The average Bonchev–Trinajstić information content (AvgIpc) is 2.46. The highest BCUT2D eigenvalue weighted by Crippen LogP contribution is 2.30. The molecule has 1 aromatic carbocycles. The molecule has 0 aromatic heterocycles. The molecule has 1 aliphatic heterocycles. The molecule has 0 fully saturated rings. The molecule has 2 N–H and O–H groups in total. The van der Waals surface area contributed by atoms with E-state index in [1.54, 1.807) is 0 Å². The molecule has 0 radical (unpaired) electrons. The first kappa shape index (κ1) is 15.1. The summed E-state index contributed by atoms with van der Waals surface area (Å²) in [7, 11) is 0. The Bertz CT molecular complexity index is 396. The van der Waals surface area contributed by atoms with Crippen LogP contribution in [0.3, 0.4) is 0 Å². The lowest BCUT2D eigenvalue weighted by atomic mass is 10.2. The van der Waals surface area contributed by atoms with Crippen LogP contribution >= 0.6 is 0 Å². The fourth-order valence-corrected chi connectivity index (χ4v) is 2.16. The maximum absolute atomic E-state index is 5.89. The predicted molar refractivity (Wildman–Crippen MR) is 81.5 cm³/mol. The van der Waals surface area contributed by atoms with E-state index < -0.39 is 0 Å². The summed E-state index contributed by atoms with van der Waals surface area (Å²) in [6, 6.07) is 7.83. The van der Waals surface area contributed by atoms with E-state index in [4.69, 9.17) is 9.47 Å². The highest BCUT2D eigenvalue weighted by Gasteiger charge is 2.19. The minimum Gasteiger partial charge on any atom is -0.486 e. The van der Waals surface area contributed by atoms with Gasteiger partial charge in [0, 0.05) is 6.54 Å². The summed E-state index contributed by atoms with van der Waals surface area (Å²) in [4.78, 5) is 0. The van der Waals surface area contributed by atoms with E-state index in [1.165, 1.54) is 0 Å². The Morgan fingerprint density at radius 2 is 1.90 bits per heavy atom. The summed E-state index contributed by atoms with van der Waals surface area (Å²) < 4.78 is 11.6. The zero-order chi connectivity index (χ0) is 14.2. The Hall–Kier alpha value is -1.26. The summed E-state index contributed by atoms with van der Waals surface area (Å²) in [5, 5.41) is 6.87. The van der Waals surface area contributed by atoms with Gasteiger partial charge in [0.15, 0.2) is 11.5 Å². The molecule has 4 nitrogen and oxygen atoms in total. The molecule has 0 amide bonds. The van der Waals surface area contributed by atoms with E-state index in [2.05, 4.69) is 24.5 Å². The minimum absolute atomic E-state index is 0.105. The smallest absolute Gasteiger partial charge is 0.161 e. The molecule has 2 rings (SSSR count). The molecule has 0 saturated carbocycles. The Kier molecular flexibility index (Phi) is 6.15. The van der Waals surface area contributed by atoms with Crippen LogP contribution in [0.1, 0.15) is 20.3 Å². The lowest BCUT2D eigenvalue weighted by molar-refractivity contribution is 0.0905. The van der Waals surface area contributed by atoms with Gasteiger partial charge in [0.1, 0.15) is 12.7 Å². The van der Waals surface area contributed by atoms with Crippen molar-refractivity contribution in [2.24, 2.45) is 5.92 Å². The molecule has 4 heteroatoms. The van der Waals surface area contributed by atoms with E-state index in [-0.39, 0.29) is 6.10 Å². The van der Waals surface area contributed by atoms with Crippen LogP contribution in [0.25, 0.3) is 0 Å². The summed E-state index contributed by atoms with van der Waals surface area (Å²) >= 11 is 0. The Morgan fingerprint density at radius 1 is 1.15 bits per heavy atom. The van der Waals surface area contributed by atoms with Gasteiger partial charge in [-0.05, 0) is 44.1 Å². The van der Waals surface area contributed by atoms with Crippen LogP contribution in [0.15, 0.2) is 24.3 Å². The van der Waals surface area contributed by atoms with Gasteiger partial charge >= 0.3 is 0 Å². The van der Waals surface area contributed by atoms with Crippen LogP contribution < -0.4 is 20.1 Å². The van der Waals surface area contributed by atoms with Gasteiger partial charge in [-0.2, -0.15) is 0 Å². The number of fused-ring (bicyclic) bond motifs is 1. The van der Waals surface area contributed by atoms with Gasteiger partial charge in [-0.1, -0.05) is 26.0 Å². The number of para-hydroxylation sites is 2. The van der Waals surface area contributed by atoms with Crippen LogP contribution in [-0.2, 0) is 0 Å². The Balaban J connectivity index is 1.55. The van der Waals surface area contributed by atoms with Crippen molar-refractivity contribution in [1.82, 2.24) is 10.6 Å². The van der Waals surface area contributed by atoms with Gasteiger partial charge in [-0.3, -0.25) is 0 Å². The van der Waals surface area contributed by atoms with Gasteiger partial charge in [-0.25, -0.2) is 0 Å². The number of hydrogen-bond acceptors (Lipinski definition) is 4. The van der Waals surface area contributed by atoms with Crippen LogP contribution in [0.4, 0.5) is 0 Å². The number of rotatable bonds is 8. The third-order valence-electron chi connectivity index (χ3n) is 3.20. The molecule has 20 heavy (non-hydrogen) atoms. The molecule has 0 bridgehead atoms. The molecule has 0 spiro atoms. The maximum atomic E-state index is 5.89. The number of hydrogen-bond donors (Lipinski definition) is 2. The standard InChI is InChI=1S/C16H26N2O2/c1-13(2)10-17-8-5-9-18-11-14-12-19-15-6-3-4-7-16(15)20-14/h3-4,6-7,13-14,17-18H,5,8-12H2,1-2H3. The second-order valence-corrected chi connectivity index (χ2v) is 5.65. The third kappa shape index (κ3) is 5.02. The Morgan fingerprint density at radius 3 is 2.70 bits per heavy atom. The van der Waals surface area contributed by atoms with Gasteiger partial charge in [0.2, 0.25) is 0 Å². The van der Waals surface area contributed by atoms with Crippen LogP contribution in [-0.4, -0.2) is 38.9 Å². The molecular formula is C16H26N2O2. The molecular weight excluding hydrogens is 252 g/mol. The summed E-state index contributed by atoms with van der Waals surface area (Å²) in [5.41, 5.74) is 0. The minimum atomic E-state index is 0.105. The molecule has 1 aliphatic rings. The van der Waals surface area contributed by atoms with Crippen LogP contribution in [0, 0.1) is 5.92 Å². The van der Waals surface area contributed by atoms with Crippen molar-refractivity contribution < 1.29 is 9.47 Å². The fourth-order valence-electron chi connectivity index (χ4n) is 2.16. The normalized spacial score (nSPS) is 17.4. The zero-order valence-electron chi connectivity index (χ0n) is 12.5. The monoisotopic (exact) mass is 278 g/mol. The number of nitrogens with one attached hydrogen (secondary N) is 2. The van der Waals surface area contributed by atoms with Gasteiger partial charge < -0.3 is 20.1 Å². The van der Waals surface area contributed by atoms with E-state index in [0.29, 0.717) is 6.61 Å². The van der Waals surface area contributed by atoms with Crippen LogP contribution in [0.5, 0.6) is 11.5 Å². The molecule has 0 aliphatic carbocycles. The molecule has 112 valence electrons. The quantitative estimate of drug-likeness (QED) is 0.714. The van der Waals surface area contributed by atoms with Gasteiger partial charge in [-0.15, -0.1) is 0 Å². The average molecular weight is 278 g/mol. The van der Waals surface area contributed by atoms with Crippen molar-refractivity contribution in [3.8, 4) is 11.5 Å². The van der Waals surface area contributed by atoms with Crippen molar-refractivity contribution in [2.75, 3.05) is 32.8 Å². The highest BCUT2D eigenvalue weighted by molar-refractivity contribution is 5.40. The first-order valence-electron chi connectivity index (χ1n) is 7.55. The van der Waals surface area contributed by atoms with Crippen molar-refractivity contribution in [3.63, 3.8) is 0 Å². The first-order valence-corrected chi connectivity index (χ1v) is 7.55. The van der Waals surface area contributed by atoms with Gasteiger partial charge in [0.25, 0.3) is 0 Å². The van der Waals surface area contributed by atoms with E-state index in [0.717, 1.165) is 50.0 Å². The number of benzene rings is 1. The SMILES string of the molecule is CC(C)CNCCCNCC1COc2ccccc2O1. The molecule has 1 atom stereocenters. The molecule has 0 saturated heterocycles. The van der Waals surface area contributed by atoms with Crippen molar-refractivity contribution in [2.45, 2.75) is 26.4 Å². The number of ether oxygens (including phenoxy) is 2. The lowest BCUT2D eigenvalue weighted by Gasteiger charge is -2.26. The first-order chi connectivity index (χ1) is 9.75. The molecule has 1 aromatic rings. The highest BCUT2D eigenvalue weighted by atomic mass is 16.6. The summed E-state index contributed by atoms with van der Waals surface area (Å²) in [6.07, 6.45) is 1.24. The van der Waals surface area contributed by atoms with Gasteiger partial charge in [0.05, 0.1) is 0 Å². The van der Waals surface area contributed by atoms with Crippen molar-refractivity contribution in [1.29, 1.82) is 0 Å². The Labute approximate surface area is 121 Å². The topological polar surface area (TPSA) is 42.5 Å². The van der Waals surface area contributed by atoms with E-state index in [1.807, 2.05) is 24.3 Å². The molecule has 1 heterocycles. The molecule has 1 unspecified atom stereocenters. The van der Waals surface area contributed by atoms with Crippen molar-refractivity contribution >= 4 is 0 Å². The van der Waals surface area contributed by atoms with E-state index >= 15 is 0 Å². The van der Waals surface area contributed by atoms with E-state index in [9.17, 15) is 0 Å². The lowest BCUT2D eigenvalue weighted by Crippen LogP contribution is -2.39. The maximum Gasteiger partial charge on any atom is 0.161 e. The largest absolute Gasteiger partial charge is 0.486 e. The summed E-state index contributed by atoms with van der Waals surface area (Å²) in [5.74, 6) is 2.42. The second kappa shape index (κ2) is 8.12. The third-order valence-corrected chi connectivity index (χ3v) is 3.20. The summed E-state index contributed by atoms with van der Waals surface area (Å²) in [6.45, 7) is 9.07. The fraction of sp³-hybridized carbons (Fsp3) is 0.625. The zero-order valence-corrected chi connectivity index (χ0v) is 12.5.